The van der Waals surface area contributed by atoms with Gasteiger partial charge in [-0.15, -0.1) is 0 Å². The maximum atomic E-state index is 12.5. The number of rotatable bonds is 7. The van der Waals surface area contributed by atoms with Crippen molar-refractivity contribution in [2.45, 2.75) is 37.4 Å². The second-order valence-corrected chi connectivity index (χ2v) is 6.93. The number of hydrogen-bond acceptors (Lipinski definition) is 3. The summed E-state index contributed by atoms with van der Waals surface area (Å²) >= 11 is 0. The standard InChI is InChI=1S/C15H18F3N3O2S/c1-2-14-19-9-11-21(14)10-3-8-20-24(22,23)13-6-4-12(5-7-13)15(16,17)18/h4-7,9,11,20H,2-3,8,10H2,1H3. The molecule has 1 aromatic heterocycles. The van der Waals surface area contributed by atoms with Gasteiger partial charge in [-0.25, -0.2) is 18.1 Å². The summed E-state index contributed by atoms with van der Waals surface area (Å²) in [5, 5.41) is 0. The van der Waals surface area contributed by atoms with Crippen LogP contribution in [0.4, 0.5) is 13.2 Å². The topological polar surface area (TPSA) is 64.0 Å². The number of hydrogen-bond donors (Lipinski definition) is 1. The summed E-state index contributed by atoms with van der Waals surface area (Å²) in [5.74, 6) is 0.917. The van der Waals surface area contributed by atoms with Gasteiger partial charge in [-0.3, -0.25) is 0 Å². The number of nitrogens with one attached hydrogen (secondary N) is 1. The van der Waals surface area contributed by atoms with Crippen molar-refractivity contribution in [1.29, 1.82) is 0 Å². The van der Waals surface area contributed by atoms with Gasteiger partial charge >= 0.3 is 6.18 Å². The minimum atomic E-state index is -4.49. The number of aryl methyl sites for hydroxylation is 2. The Bertz CT molecular complexity index is 768. The van der Waals surface area contributed by atoms with Crippen LogP contribution < -0.4 is 4.72 Å². The van der Waals surface area contributed by atoms with Crippen molar-refractivity contribution >= 4 is 10.0 Å². The molecule has 132 valence electrons. The van der Waals surface area contributed by atoms with Gasteiger partial charge in [0.1, 0.15) is 5.82 Å². The van der Waals surface area contributed by atoms with E-state index < -0.39 is 21.8 Å². The van der Waals surface area contributed by atoms with E-state index >= 15 is 0 Å². The van der Waals surface area contributed by atoms with Gasteiger partial charge < -0.3 is 4.57 Å². The first-order chi connectivity index (χ1) is 11.2. The van der Waals surface area contributed by atoms with Crippen LogP contribution in [0, 0.1) is 0 Å². The Labute approximate surface area is 138 Å². The van der Waals surface area contributed by atoms with E-state index in [2.05, 4.69) is 9.71 Å². The molecule has 0 aliphatic carbocycles. The fourth-order valence-electron chi connectivity index (χ4n) is 2.22. The van der Waals surface area contributed by atoms with Gasteiger partial charge in [-0.1, -0.05) is 6.92 Å². The zero-order valence-corrected chi connectivity index (χ0v) is 13.9. The number of aromatic nitrogens is 2. The van der Waals surface area contributed by atoms with Crippen LogP contribution in [0.3, 0.4) is 0 Å². The molecule has 0 bridgehead atoms. The summed E-state index contributed by atoms with van der Waals surface area (Å²) in [4.78, 5) is 3.98. The van der Waals surface area contributed by atoms with Crippen LogP contribution in [0.5, 0.6) is 0 Å². The summed E-state index contributed by atoms with van der Waals surface area (Å²) in [7, 11) is -3.82. The molecule has 1 aromatic carbocycles. The molecule has 0 aliphatic rings. The van der Waals surface area contributed by atoms with Crippen molar-refractivity contribution in [3.8, 4) is 0 Å². The second-order valence-electron chi connectivity index (χ2n) is 5.16. The van der Waals surface area contributed by atoms with Gasteiger partial charge in [0.25, 0.3) is 0 Å². The highest BCUT2D eigenvalue weighted by Gasteiger charge is 2.30. The number of sulfonamides is 1. The zero-order valence-electron chi connectivity index (χ0n) is 13.0. The number of nitrogens with zero attached hydrogens (tertiary/aromatic N) is 2. The maximum absolute atomic E-state index is 12.5. The van der Waals surface area contributed by atoms with Crippen LogP contribution in [0.1, 0.15) is 24.7 Å². The lowest BCUT2D eigenvalue weighted by Crippen LogP contribution is -2.25. The highest BCUT2D eigenvalue weighted by Crippen LogP contribution is 2.29. The van der Waals surface area contributed by atoms with Crippen LogP contribution in [0.25, 0.3) is 0 Å². The van der Waals surface area contributed by atoms with E-state index in [1.165, 1.54) is 0 Å². The highest BCUT2D eigenvalue weighted by atomic mass is 32.2. The molecule has 1 N–H and O–H groups in total. The van der Waals surface area contributed by atoms with Gasteiger partial charge in [-0.05, 0) is 30.7 Å². The lowest BCUT2D eigenvalue weighted by atomic mass is 10.2. The molecule has 24 heavy (non-hydrogen) atoms. The van der Waals surface area contributed by atoms with Crippen LogP contribution >= 0.6 is 0 Å². The van der Waals surface area contributed by atoms with E-state index in [4.69, 9.17) is 0 Å². The van der Waals surface area contributed by atoms with Crippen LogP contribution in [0.2, 0.25) is 0 Å². The normalized spacial score (nSPS) is 12.5. The molecular formula is C15H18F3N3O2S. The Morgan fingerprint density at radius 1 is 1.21 bits per heavy atom. The first-order valence-corrected chi connectivity index (χ1v) is 8.89. The molecule has 0 saturated heterocycles. The molecular weight excluding hydrogens is 343 g/mol. The first kappa shape index (κ1) is 18.5. The maximum Gasteiger partial charge on any atom is 0.416 e. The number of imidazole rings is 1. The van der Waals surface area contributed by atoms with Crippen molar-refractivity contribution in [3.63, 3.8) is 0 Å². The van der Waals surface area contributed by atoms with Crippen molar-refractivity contribution in [2.24, 2.45) is 0 Å². The van der Waals surface area contributed by atoms with Crippen LogP contribution in [0.15, 0.2) is 41.6 Å². The largest absolute Gasteiger partial charge is 0.416 e. The molecule has 9 heteroatoms. The van der Waals surface area contributed by atoms with E-state index in [-0.39, 0.29) is 11.4 Å². The molecule has 0 atom stereocenters. The van der Waals surface area contributed by atoms with Crippen molar-refractivity contribution in [1.82, 2.24) is 14.3 Å². The lowest BCUT2D eigenvalue weighted by molar-refractivity contribution is -0.137. The number of halogens is 3. The molecule has 0 aliphatic heterocycles. The fraction of sp³-hybridized carbons (Fsp3) is 0.400. The van der Waals surface area contributed by atoms with E-state index in [0.29, 0.717) is 13.0 Å². The van der Waals surface area contributed by atoms with Crippen molar-refractivity contribution < 1.29 is 21.6 Å². The SMILES string of the molecule is CCc1nccn1CCCNS(=O)(=O)c1ccc(C(F)(F)F)cc1. The summed E-state index contributed by atoms with van der Waals surface area (Å²) < 4.78 is 65.9. The Morgan fingerprint density at radius 2 is 1.88 bits per heavy atom. The van der Waals surface area contributed by atoms with Gasteiger partial charge in [0.2, 0.25) is 10.0 Å². The molecule has 0 radical (unpaired) electrons. The monoisotopic (exact) mass is 361 g/mol. The molecule has 0 amide bonds. The fourth-order valence-corrected chi connectivity index (χ4v) is 3.29. The number of benzene rings is 1. The summed E-state index contributed by atoms with van der Waals surface area (Å²) in [6.45, 7) is 2.77. The van der Waals surface area contributed by atoms with E-state index in [1.54, 1.807) is 6.20 Å². The van der Waals surface area contributed by atoms with Crippen LogP contribution in [-0.2, 0) is 29.2 Å². The Kier molecular flexibility index (Phi) is 5.66. The quantitative estimate of drug-likeness (QED) is 0.772. The summed E-state index contributed by atoms with van der Waals surface area (Å²) in [6, 6.07) is 3.42. The van der Waals surface area contributed by atoms with Gasteiger partial charge in [0.05, 0.1) is 10.5 Å². The zero-order chi connectivity index (χ0) is 17.8. The van der Waals surface area contributed by atoms with Crippen molar-refractivity contribution in [3.05, 3.63) is 48.0 Å². The summed E-state index contributed by atoms with van der Waals surface area (Å²) in [6.07, 6.45) is 0.347. The van der Waals surface area contributed by atoms with Gasteiger partial charge in [0, 0.05) is 31.9 Å². The number of alkyl halides is 3. The van der Waals surface area contributed by atoms with Gasteiger partial charge in [0.15, 0.2) is 0 Å². The molecule has 0 fully saturated rings. The van der Waals surface area contributed by atoms with Crippen LogP contribution in [-0.4, -0.2) is 24.5 Å². The predicted molar refractivity (Wildman–Crippen MR) is 82.9 cm³/mol. The predicted octanol–water partition coefficient (Wildman–Crippen LogP) is 2.83. The third-order valence-electron chi connectivity index (χ3n) is 3.48. The van der Waals surface area contributed by atoms with E-state index in [0.717, 1.165) is 36.5 Å². The summed E-state index contributed by atoms with van der Waals surface area (Å²) in [5.41, 5.74) is -0.881. The molecule has 2 rings (SSSR count). The van der Waals surface area contributed by atoms with Crippen molar-refractivity contribution in [2.75, 3.05) is 6.54 Å². The Morgan fingerprint density at radius 3 is 2.46 bits per heavy atom. The molecule has 2 aromatic rings. The Hall–Kier alpha value is -1.87. The molecule has 1 heterocycles. The smallest absolute Gasteiger partial charge is 0.335 e. The lowest BCUT2D eigenvalue weighted by Gasteiger charge is -2.10. The molecule has 0 unspecified atom stereocenters. The highest BCUT2D eigenvalue weighted by molar-refractivity contribution is 7.89. The minimum absolute atomic E-state index is 0.185. The average Bonchev–Trinajstić information content (AvgIpc) is 2.98. The van der Waals surface area contributed by atoms with E-state index in [9.17, 15) is 21.6 Å². The molecule has 0 saturated carbocycles. The molecule has 5 nitrogen and oxygen atoms in total. The third kappa shape index (κ3) is 4.57. The Balaban J connectivity index is 1.91. The third-order valence-corrected chi connectivity index (χ3v) is 4.95. The first-order valence-electron chi connectivity index (χ1n) is 7.41. The minimum Gasteiger partial charge on any atom is -0.335 e. The average molecular weight is 361 g/mol. The second kappa shape index (κ2) is 7.35. The van der Waals surface area contributed by atoms with Gasteiger partial charge in [-0.2, -0.15) is 13.2 Å². The van der Waals surface area contributed by atoms with E-state index in [1.807, 2.05) is 17.7 Å². The molecule has 0 spiro atoms.